The molecule has 0 bridgehead atoms. The van der Waals surface area contributed by atoms with E-state index in [9.17, 15) is 9.59 Å². The Morgan fingerprint density at radius 1 is 1.12 bits per heavy atom. The van der Waals surface area contributed by atoms with E-state index in [0.717, 1.165) is 25.7 Å². The SMILES string of the molecule is CN1C(=O)[C@@H]2[C@@H](ON(C)C23CCCCC3)C1=O. The summed E-state index contributed by atoms with van der Waals surface area (Å²) in [5.74, 6) is -0.536. The van der Waals surface area contributed by atoms with Gasteiger partial charge in [0.1, 0.15) is 0 Å². The third-order valence-electron chi connectivity index (χ3n) is 4.67. The maximum atomic E-state index is 12.2. The number of nitrogens with zero attached hydrogens (tertiary/aromatic N) is 2. The van der Waals surface area contributed by atoms with Gasteiger partial charge in [0, 0.05) is 14.1 Å². The van der Waals surface area contributed by atoms with Crippen LogP contribution in [0.25, 0.3) is 0 Å². The number of amides is 2. The van der Waals surface area contributed by atoms with Crippen molar-refractivity contribution in [3.8, 4) is 0 Å². The molecule has 2 saturated heterocycles. The molecule has 1 aliphatic carbocycles. The predicted octanol–water partition coefficient (Wildman–Crippen LogP) is 0.550. The number of likely N-dealkylation sites (N-methyl/N-ethyl adjacent to an activating group) is 1. The first-order chi connectivity index (χ1) is 8.08. The Morgan fingerprint density at radius 3 is 2.41 bits per heavy atom. The third kappa shape index (κ3) is 1.27. The van der Waals surface area contributed by atoms with Crippen molar-refractivity contribution in [2.24, 2.45) is 5.92 Å². The summed E-state index contributed by atoms with van der Waals surface area (Å²) in [6.07, 6.45) is 4.78. The van der Waals surface area contributed by atoms with E-state index in [2.05, 4.69) is 0 Å². The summed E-state index contributed by atoms with van der Waals surface area (Å²) in [5, 5.41) is 1.80. The molecule has 2 aliphatic heterocycles. The number of rotatable bonds is 0. The molecule has 2 amide bonds. The van der Waals surface area contributed by atoms with Crippen molar-refractivity contribution in [3.63, 3.8) is 0 Å². The Balaban J connectivity index is 2.00. The molecule has 0 aromatic rings. The minimum absolute atomic E-state index is 0.0637. The van der Waals surface area contributed by atoms with Crippen LogP contribution < -0.4 is 0 Å². The van der Waals surface area contributed by atoms with Gasteiger partial charge in [0.15, 0.2) is 6.10 Å². The maximum absolute atomic E-state index is 12.2. The lowest BCUT2D eigenvalue weighted by Crippen LogP contribution is -2.50. The van der Waals surface area contributed by atoms with Crippen molar-refractivity contribution in [1.82, 2.24) is 9.96 Å². The van der Waals surface area contributed by atoms with Gasteiger partial charge in [0.25, 0.3) is 5.91 Å². The van der Waals surface area contributed by atoms with Crippen LogP contribution in [0.15, 0.2) is 0 Å². The summed E-state index contributed by atoms with van der Waals surface area (Å²) in [7, 11) is 3.42. The molecule has 17 heavy (non-hydrogen) atoms. The molecule has 94 valence electrons. The largest absolute Gasteiger partial charge is 0.284 e. The molecular weight excluding hydrogens is 220 g/mol. The molecule has 2 atom stereocenters. The smallest absolute Gasteiger partial charge is 0.261 e. The fourth-order valence-electron chi connectivity index (χ4n) is 3.66. The number of fused-ring (bicyclic) bond motifs is 2. The van der Waals surface area contributed by atoms with Crippen LogP contribution in [0.2, 0.25) is 0 Å². The van der Waals surface area contributed by atoms with Gasteiger partial charge >= 0.3 is 0 Å². The highest BCUT2D eigenvalue weighted by atomic mass is 16.7. The fourth-order valence-corrected chi connectivity index (χ4v) is 3.66. The molecule has 0 radical (unpaired) electrons. The quantitative estimate of drug-likeness (QED) is 0.578. The minimum atomic E-state index is -0.574. The standard InChI is InChI=1S/C12H18N2O3/c1-13-10(15)8-9(11(13)16)17-14(2)12(8)6-4-3-5-7-12/h8-9H,3-7H2,1-2H3/t8-,9+/m0/s1. The van der Waals surface area contributed by atoms with Gasteiger partial charge in [0.2, 0.25) is 5.91 Å². The van der Waals surface area contributed by atoms with Crippen LogP contribution in [0.1, 0.15) is 32.1 Å². The van der Waals surface area contributed by atoms with E-state index < -0.39 is 6.10 Å². The maximum Gasteiger partial charge on any atom is 0.261 e. The topological polar surface area (TPSA) is 49.9 Å². The monoisotopic (exact) mass is 238 g/mol. The summed E-state index contributed by atoms with van der Waals surface area (Å²) in [5.41, 5.74) is -0.236. The van der Waals surface area contributed by atoms with Crippen LogP contribution in [-0.2, 0) is 14.4 Å². The van der Waals surface area contributed by atoms with Gasteiger partial charge in [-0.25, -0.2) is 0 Å². The molecule has 1 saturated carbocycles. The van der Waals surface area contributed by atoms with Gasteiger partial charge in [-0.1, -0.05) is 19.3 Å². The Labute approximate surface area is 101 Å². The molecule has 3 rings (SSSR count). The van der Waals surface area contributed by atoms with Crippen LogP contribution >= 0.6 is 0 Å². The zero-order valence-corrected chi connectivity index (χ0v) is 10.3. The Kier molecular flexibility index (Phi) is 2.32. The molecule has 5 heteroatoms. The average Bonchev–Trinajstić information content (AvgIpc) is 2.72. The van der Waals surface area contributed by atoms with E-state index >= 15 is 0 Å². The molecule has 5 nitrogen and oxygen atoms in total. The Hall–Kier alpha value is -0.940. The van der Waals surface area contributed by atoms with Gasteiger partial charge in [-0.05, 0) is 12.8 Å². The van der Waals surface area contributed by atoms with E-state index in [1.807, 2.05) is 7.05 Å². The molecule has 0 unspecified atom stereocenters. The zero-order chi connectivity index (χ0) is 12.2. The van der Waals surface area contributed by atoms with Crippen molar-refractivity contribution in [1.29, 1.82) is 0 Å². The highest BCUT2D eigenvalue weighted by Crippen LogP contribution is 2.49. The van der Waals surface area contributed by atoms with Crippen molar-refractivity contribution in [2.45, 2.75) is 43.7 Å². The lowest BCUT2D eigenvalue weighted by molar-refractivity contribution is -0.187. The second-order valence-corrected chi connectivity index (χ2v) is 5.40. The van der Waals surface area contributed by atoms with Gasteiger partial charge in [0.05, 0.1) is 11.5 Å². The second-order valence-electron chi connectivity index (χ2n) is 5.40. The van der Waals surface area contributed by atoms with Crippen molar-refractivity contribution < 1.29 is 14.4 Å². The highest BCUT2D eigenvalue weighted by Gasteiger charge is 2.64. The van der Waals surface area contributed by atoms with Crippen LogP contribution in [0.5, 0.6) is 0 Å². The first-order valence-electron chi connectivity index (χ1n) is 6.30. The first-order valence-corrected chi connectivity index (χ1v) is 6.30. The summed E-state index contributed by atoms with van der Waals surface area (Å²) in [6, 6.07) is 0. The van der Waals surface area contributed by atoms with Crippen LogP contribution in [0, 0.1) is 5.92 Å². The fraction of sp³-hybridized carbons (Fsp3) is 0.833. The molecule has 3 aliphatic rings. The van der Waals surface area contributed by atoms with Gasteiger partial charge in [-0.3, -0.25) is 19.3 Å². The molecule has 0 aromatic carbocycles. The normalized spacial score (nSPS) is 36.9. The van der Waals surface area contributed by atoms with Crippen molar-refractivity contribution >= 4 is 11.8 Å². The van der Waals surface area contributed by atoms with E-state index in [0.29, 0.717) is 0 Å². The number of hydrogen-bond acceptors (Lipinski definition) is 4. The van der Waals surface area contributed by atoms with Gasteiger partial charge in [-0.15, -0.1) is 0 Å². The van der Waals surface area contributed by atoms with Crippen molar-refractivity contribution in [2.75, 3.05) is 14.1 Å². The molecule has 0 aromatic heterocycles. The number of carbonyl (C=O) groups excluding carboxylic acids is 2. The predicted molar refractivity (Wildman–Crippen MR) is 59.7 cm³/mol. The van der Waals surface area contributed by atoms with Gasteiger partial charge in [-0.2, -0.15) is 5.06 Å². The molecule has 0 N–H and O–H groups in total. The first kappa shape index (κ1) is 11.2. The number of imide groups is 1. The van der Waals surface area contributed by atoms with E-state index in [4.69, 9.17) is 4.84 Å². The Morgan fingerprint density at radius 2 is 1.76 bits per heavy atom. The van der Waals surface area contributed by atoms with E-state index in [1.165, 1.54) is 11.3 Å². The van der Waals surface area contributed by atoms with E-state index in [1.54, 1.807) is 12.1 Å². The van der Waals surface area contributed by atoms with E-state index in [-0.39, 0.29) is 23.3 Å². The van der Waals surface area contributed by atoms with Crippen molar-refractivity contribution in [3.05, 3.63) is 0 Å². The third-order valence-corrected chi connectivity index (χ3v) is 4.67. The highest BCUT2D eigenvalue weighted by molar-refractivity contribution is 6.07. The van der Waals surface area contributed by atoms with Crippen LogP contribution in [-0.4, -0.2) is 47.5 Å². The Bertz CT molecular complexity index is 376. The molecule has 1 spiro atoms. The van der Waals surface area contributed by atoms with Gasteiger partial charge < -0.3 is 0 Å². The summed E-state index contributed by atoms with van der Waals surface area (Å²) < 4.78 is 0. The lowest BCUT2D eigenvalue weighted by atomic mass is 9.72. The lowest BCUT2D eigenvalue weighted by Gasteiger charge is -2.40. The van der Waals surface area contributed by atoms with Crippen LogP contribution in [0.4, 0.5) is 0 Å². The second kappa shape index (κ2) is 3.53. The summed E-state index contributed by atoms with van der Waals surface area (Å²) in [4.78, 5) is 31.0. The number of hydroxylamine groups is 2. The number of likely N-dealkylation sites (tertiary alicyclic amines) is 1. The number of carbonyl (C=O) groups is 2. The molecule has 3 fully saturated rings. The average molecular weight is 238 g/mol. The number of hydrogen-bond donors (Lipinski definition) is 0. The molecule has 2 heterocycles. The summed E-state index contributed by atoms with van der Waals surface area (Å²) in [6.45, 7) is 0. The molecular formula is C12H18N2O3. The minimum Gasteiger partial charge on any atom is -0.284 e. The van der Waals surface area contributed by atoms with Crippen LogP contribution in [0.3, 0.4) is 0 Å². The zero-order valence-electron chi connectivity index (χ0n) is 10.3. The summed E-state index contributed by atoms with van der Waals surface area (Å²) >= 11 is 0.